The highest BCUT2D eigenvalue weighted by atomic mass is 32.1. The molecule has 1 fully saturated rings. The number of hydrogen-bond donors (Lipinski definition) is 3. The van der Waals surface area contributed by atoms with E-state index in [2.05, 4.69) is 25.1 Å². The Hall–Kier alpha value is -2.88. The van der Waals surface area contributed by atoms with Crippen LogP contribution in [-0.4, -0.2) is 54.2 Å². The molecular weight excluding hydrogens is 354 g/mol. The standard InChI is InChI=1S/C16H19N7O2S/c1-10-8-13(26-21-10)18-15-19-14(12-5-3-7-23(12)20-15)17-11-4-2-6-22(9-11)16(24)25/h3,5,7-8,11H,2,4,6,9H2,1H3,(H,24,25)(H2,17,18,19,20)/t11-/m1/s1. The summed E-state index contributed by atoms with van der Waals surface area (Å²) in [6, 6.07) is 5.79. The minimum atomic E-state index is -0.880. The van der Waals surface area contributed by atoms with E-state index in [1.807, 2.05) is 31.3 Å². The van der Waals surface area contributed by atoms with Crippen molar-refractivity contribution in [3.05, 3.63) is 30.1 Å². The number of aromatic nitrogens is 4. The molecule has 1 saturated heterocycles. The lowest BCUT2D eigenvalue weighted by atomic mass is 10.1. The van der Waals surface area contributed by atoms with E-state index in [0.29, 0.717) is 24.9 Å². The summed E-state index contributed by atoms with van der Waals surface area (Å²) in [5.74, 6) is 1.15. The van der Waals surface area contributed by atoms with Gasteiger partial charge in [0.15, 0.2) is 5.82 Å². The Morgan fingerprint density at radius 1 is 1.46 bits per heavy atom. The van der Waals surface area contributed by atoms with E-state index >= 15 is 0 Å². The first-order valence-electron chi connectivity index (χ1n) is 8.38. The summed E-state index contributed by atoms with van der Waals surface area (Å²) < 4.78 is 6.00. The predicted molar refractivity (Wildman–Crippen MR) is 99.4 cm³/mol. The highest BCUT2D eigenvalue weighted by Gasteiger charge is 2.24. The number of carboxylic acid groups (broad SMARTS) is 1. The van der Waals surface area contributed by atoms with Gasteiger partial charge >= 0.3 is 6.09 Å². The zero-order valence-corrected chi connectivity index (χ0v) is 15.0. The summed E-state index contributed by atoms with van der Waals surface area (Å²) in [5, 5.41) is 21.1. The lowest BCUT2D eigenvalue weighted by molar-refractivity contribution is 0.133. The molecule has 136 valence electrons. The summed E-state index contributed by atoms with van der Waals surface area (Å²) in [6.07, 6.45) is 2.71. The lowest BCUT2D eigenvalue weighted by Crippen LogP contribution is -2.44. The molecular formula is C16H19N7O2S. The molecule has 3 aromatic heterocycles. The van der Waals surface area contributed by atoms with Crippen molar-refractivity contribution >= 4 is 39.9 Å². The van der Waals surface area contributed by atoms with E-state index in [4.69, 9.17) is 0 Å². The molecule has 4 heterocycles. The number of anilines is 3. The Morgan fingerprint density at radius 3 is 3.12 bits per heavy atom. The van der Waals surface area contributed by atoms with Crippen molar-refractivity contribution in [2.75, 3.05) is 23.7 Å². The maximum absolute atomic E-state index is 11.2. The highest BCUT2D eigenvalue weighted by molar-refractivity contribution is 7.10. The van der Waals surface area contributed by atoms with Crippen molar-refractivity contribution in [2.24, 2.45) is 0 Å². The van der Waals surface area contributed by atoms with Gasteiger partial charge in [0.1, 0.15) is 10.5 Å². The minimum absolute atomic E-state index is 0.0203. The summed E-state index contributed by atoms with van der Waals surface area (Å²) in [5.41, 5.74) is 1.79. The zero-order valence-electron chi connectivity index (χ0n) is 14.2. The molecule has 3 aromatic rings. The van der Waals surface area contributed by atoms with E-state index in [1.165, 1.54) is 16.4 Å². The van der Waals surface area contributed by atoms with Gasteiger partial charge in [0.05, 0.1) is 5.69 Å². The molecule has 9 nitrogen and oxygen atoms in total. The number of piperidine rings is 1. The molecule has 1 atom stereocenters. The first kappa shape index (κ1) is 16.6. The van der Waals surface area contributed by atoms with Crippen LogP contribution in [0.5, 0.6) is 0 Å². The molecule has 4 rings (SSSR count). The van der Waals surface area contributed by atoms with Gasteiger partial charge in [-0.15, -0.1) is 5.10 Å². The number of hydrogen-bond acceptors (Lipinski definition) is 7. The van der Waals surface area contributed by atoms with Crippen LogP contribution >= 0.6 is 11.5 Å². The summed E-state index contributed by atoms with van der Waals surface area (Å²) in [4.78, 5) is 17.3. The van der Waals surface area contributed by atoms with Crippen LogP contribution in [0.3, 0.4) is 0 Å². The molecule has 0 spiro atoms. The fourth-order valence-electron chi connectivity index (χ4n) is 3.09. The van der Waals surface area contributed by atoms with Crippen molar-refractivity contribution in [2.45, 2.75) is 25.8 Å². The second-order valence-corrected chi connectivity index (χ2v) is 7.10. The number of fused-ring (bicyclic) bond motifs is 1. The number of likely N-dealkylation sites (tertiary alicyclic amines) is 1. The molecule has 1 aliphatic rings. The van der Waals surface area contributed by atoms with Gasteiger partial charge in [0.25, 0.3) is 0 Å². The number of nitrogens with zero attached hydrogens (tertiary/aromatic N) is 5. The monoisotopic (exact) mass is 373 g/mol. The van der Waals surface area contributed by atoms with E-state index in [1.54, 1.807) is 4.52 Å². The Bertz CT molecular complexity index is 938. The smallest absolute Gasteiger partial charge is 0.407 e. The van der Waals surface area contributed by atoms with Crippen molar-refractivity contribution in [1.82, 2.24) is 23.9 Å². The molecule has 0 saturated carbocycles. The van der Waals surface area contributed by atoms with Gasteiger partial charge in [0.2, 0.25) is 5.95 Å². The fraction of sp³-hybridized carbons (Fsp3) is 0.375. The van der Waals surface area contributed by atoms with Crippen LogP contribution < -0.4 is 10.6 Å². The average Bonchev–Trinajstić information content (AvgIpc) is 3.24. The quantitative estimate of drug-likeness (QED) is 0.645. The first-order valence-corrected chi connectivity index (χ1v) is 9.16. The predicted octanol–water partition coefficient (Wildman–Crippen LogP) is 2.79. The van der Waals surface area contributed by atoms with E-state index in [-0.39, 0.29) is 6.04 Å². The summed E-state index contributed by atoms with van der Waals surface area (Å²) in [6.45, 7) is 2.96. The van der Waals surface area contributed by atoms with Crippen molar-refractivity contribution in [3.8, 4) is 0 Å². The molecule has 0 aliphatic carbocycles. The Balaban J connectivity index is 1.59. The van der Waals surface area contributed by atoms with E-state index in [9.17, 15) is 9.90 Å². The van der Waals surface area contributed by atoms with Gasteiger partial charge in [-0.05, 0) is 49.5 Å². The normalized spacial score (nSPS) is 17.4. The van der Waals surface area contributed by atoms with Gasteiger partial charge < -0.3 is 20.6 Å². The van der Waals surface area contributed by atoms with Crippen LogP contribution in [0.1, 0.15) is 18.5 Å². The van der Waals surface area contributed by atoms with Gasteiger partial charge in [0, 0.05) is 25.3 Å². The average molecular weight is 373 g/mol. The highest BCUT2D eigenvalue weighted by Crippen LogP contribution is 2.24. The van der Waals surface area contributed by atoms with Crippen LogP contribution in [0.4, 0.5) is 21.6 Å². The third kappa shape index (κ3) is 3.40. The molecule has 0 aromatic carbocycles. The third-order valence-electron chi connectivity index (χ3n) is 4.29. The van der Waals surface area contributed by atoms with Crippen molar-refractivity contribution in [1.29, 1.82) is 0 Å². The van der Waals surface area contributed by atoms with Crippen molar-refractivity contribution < 1.29 is 9.90 Å². The molecule has 0 bridgehead atoms. The summed E-state index contributed by atoms with van der Waals surface area (Å²) >= 11 is 1.35. The number of aryl methyl sites for hydroxylation is 1. The molecule has 1 amide bonds. The molecule has 0 radical (unpaired) electrons. The van der Waals surface area contributed by atoms with Gasteiger partial charge in [-0.3, -0.25) is 0 Å². The summed E-state index contributed by atoms with van der Waals surface area (Å²) in [7, 11) is 0. The number of amides is 1. The molecule has 1 aliphatic heterocycles. The fourth-order valence-corrected chi connectivity index (χ4v) is 3.74. The van der Waals surface area contributed by atoms with Crippen LogP contribution in [0.2, 0.25) is 0 Å². The van der Waals surface area contributed by atoms with Gasteiger partial charge in [-0.2, -0.15) is 9.36 Å². The molecule has 3 N–H and O–H groups in total. The Kier molecular flexibility index (Phi) is 4.33. The van der Waals surface area contributed by atoms with Gasteiger partial charge in [-0.1, -0.05) is 0 Å². The number of carbonyl (C=O) groups is 1. The first-order chi connectivity index (χ1) is 12.6. The topological polar surface area (TPSA) is 108 Å². The number of nitrogens with one attached hydrogen (secondary N) is 2. The largest absolute Gasteiger partial charge is 0.465 e. The second-order valence-electron chi connectivity index (χ2n) is 6.29. The van der Waals surface area contributed by atoms with Crippen LogP contribution in [-0.2, 0) is 0 Å². The SMILES string of the molecule is Cc1cc(Nc2nc(N[C@@H]3CCCN(C(=O)O)C3)c3cccn3n2)sn1. The zero-order chi connectivity index (χ0) is 18.1. The minimum Gasteiger partial charge on any atom is -0.465 e. The van der Waals surface area contributed by atoms with Gasteiger partial charge in [-0.25, -0.2) is 9.31 Å². The van der Waals surface area contributed by atoms with Crippen LogP contribution in [0.25, 0.3) is 5.52 Å². The van der Waals surface area contributed by atoms with Crippen LogP contribution in [0, 0.1) is 6.92 Å². The lowest BCUT2D eigenvalue weighted by Gasteiger charge is -2.31. The van der Waals surface area contributed by atoms with E-state index in [0.717, 1.165) is 29.1 Å². The van der Waals surface area contributed by atoms with Crippen molar-refractivity contribution in [3.63, 3.8) is 0 Å². The third-order valence-corrected chi connectivity index (χ3v) is 5.08. The van der Waals surface area contributed by atoms with E-state index < -0.39 is 6.09 Å². The molecule has 0 unspecified atom stereocenters. The Labute approximate surface area is 153 Å². The molecule has 10 heteroatoms. The molecule has 26 heavy (non-hydrogen) atoms. The second kappa shape index (κ2) is 6.79. The number of rotatable bonds is 4. The maximum atomic E-state index is 11.2. The Morgan fingerprint density at radius 2 is 2.35 bits per heavy atom. The maximum Gasteiger partial charge on any atom is 0.407 e. The van der Waals surface area contributed by atoms with Crippen LogP contribution in [0.15, 0.2) is 24.4 Å².